The molecule has 0 aliphatic carbocycles. The molecule has 156 valence electrons. The van der Waals surface area contributed by atoms with Crippen LogP contribution in [0.25, 0.3) is 0 Å². The maximum Gasteiger partial charge on any atom is 0.324 e. The van der Waals surface area contributed by atoms with E-state index in [2.05, 4.69) is 5.32 Å². The van der Waals surface area contributed by atoms with Gasteiger partial charge in [0.05, 0.1) is 25.5 Å². The zero-order chi connectivity index (χ0) is 21.6. The van der Waals surface area contributed by atoms with Crippen molar-refractivity contribution in [3.05, 3.63) is 59.7 Å². The molecule has 0 radical (unpaired) electrons. The van der Waals surface area contributed by atoms with Crippen LogP contribution in [-0.4, -0.2) is 45.5 Å². The van der Waals surface area contributed by atoms with E-state index in [0.717, 1.165) is 10.5 Å². The van der Waals surface area contributed by atoms with Gasteiger partial charge in [-0.3, -0.25) is 24.6 Å². The fraction of sp³-hybridized carbons (Fsp3) is 0.318. The summed E-state index contributed by atoms with van der Waals surface area (Å²) in [6.45, 7) is 1.47. The first-order valence-corrected chi connectivity index (χ1v) is 9.55. The van der Waals surface area contributed by atoms with Gasteiger partial charge in [-0.15, -0.1) is 0 Å². The number of carboxylic acids is 1. The second-order valence-corrected chi connectivity index (χ2v) is 7.81. The summed E-state index contributed by atoms with van der Waals surface area (Å²) >= 11 is 0. The summed E-state index contributed by atoms with van der Waals surface area (Å²) in [6.07, 6.45) is 0. The lowest BCUT2D eigenvalue weighted by molar-refractivity contribution is -0.150. The molecule has 2 saturated heterocycles. The van der Waals surface area contributed by atoms with E-state index in [9.17, 15) is 24.6 Å². The number of likely N-dealkylation sites (tertiary alicyclic amines) is 1. The van der Waals surface area contributed by atoms with Crippen molar-refractivity contribution in [2.45, 2.75) is 25.0 Å². The molecule has 0 bridgehead atoms. The maximum atomic E-state index is 13.3. The van der Waals surface area contributed by atoms with Gasteiger partial charge in [-0.25, -0.2) is 0 Å². The molecular formula is C22H22N2O6. The van der Waals surface area contributed by atoms with Crippen molar-refractivity contribution in [2.75, 3.05) is 7.11 Å². The van der Waals surface area contributed by atoms with Crippen LogP contribution in [0.15, 0.2) is 48.5 Å². The average Bonchev–Trinajstić information content (AvgIpc) is 3.18. The fourth-order valence-corrected chi connectivity index (χ4v) is 4.49. The highest BCUT2D eigenvalue weighted by Gasteiger charge is 2.66. The Hall–Kier alpha value is -3.39. The largest absolute Gasteiger partial charge is 0.508 e. The van der Waals surface area contributed by atoms with Gasteiger partial charge in [-0.2, -0.15) is 0 Å². The number of fused-ring (bicyclic) bond motifs is 1. The Balaban J connectivity index is 1.78. The number of aliphatic carboxylic acids is 1. The Labute approximate surface area is 173 Å². The SMILES string of the molecule is COc1ccc(O)c([C@@H]2N[C@](C)(C(=O)O)[C@@H]3C(=O)N(Cc4ccccc4)C(=O)[C@H]32)c1. The van der Waals surface area contributed by atoms with Crippen molar-refractivity contribution in [1.82, 2.24) is 10.2 Å². The van der Waals surface area contributed by atoms with Crippen molar-refractivity contribution < 1.29 is 29.3 Å². The molecule has 0 spiro atoms. The first kappa shape index (κ1) is 19.9. The normalized spacial score (nSPS) is 27.9. The number of hydrogen-bond acceptors (Lipinski definition) is 6. The number of hydrogen-bond donors (Lipinski definition) is 3. The van der Waals surface area contributed by atoms with Crippen molar-refractivity contribution in [1.29, 1.82) is 0 Å². The number of nitrogens with zero attached hydrogens (tertiary/aromatic N) is 1. The highest BCUT2D eigenvalue weighted by Crippen LogP contribution is 2.50. The molecule has 8 heteroatoms. The van der Waals surface area contributed by atoms with Crippen LogP contribution in [0.3, 0.4) is 0 Å². The van der Waals surface area contributed by atoms with Crippen LogP contribution in [0.2, 0.25) is 0 Å². The molecule has 2 aromatic carbocycles. The van der Waals surface area contributed by atoms with Crippen LogP contribution >= 0.6 is 0 Å². The Bertz CT molecular complexity index is 1020. The lowest BCUT2D eigenvalue weighted by Gasteiger charge is -2.27. The highest BCUT2D eigenvalue weighted by atomic mass is 16.5. The molecule has 2 amide bonds. The Morgan fingerprint density at radius 3 is 2.50 bits per heavy atom. The van der Waals surface area contributed by atoms with Gasteiger partial charge in [0, 0.05) is 11.6 Å². The van der Waals surface area contributed by atoms with Crippen LogP contribution in [0, 0.1) is 11.8 Å². The van der Waals surface area contributed by atoms with E-state index in [1.165, 1.54) is 20.1 Å². The van der Waals surface area contributed by atoms with Crippen LogP contribution < -0.4 is 10.1 Å². The van der Waals surface area contributed by atoms with E-state index < -0.39 is 41.2 Å². The number of carboxylic acid groups (broad SMARTS) is 1. The minimum absolute atomic E-state index is 0.0675. The van der Waals surface area contributed by atoms with E-state index in [1.54, 1.807) is 36.4 Å². The molecule has 3 N–H and O–H groups in total. The number of phenolic OH excluding ortho intramolecular Hbond substituents is 1. The molecule has 30 heavy (non-hydrogen) atoms. The highest BCUT2D eigenvalue weighted by molar-refractivity contribution is 6.09. The standard InChI is InChI=1S/C22H22N2O6/c1-22(21(28)29)17-16(18(23-22)14-10-13(30-2)8-9-15(14)25)19(26)24(20(17)27)11-12-6-4-3-5-7-12/h3-10,16-18,23,25H,11H2,1-2H3,(H,28,29)/t16-,17+,18+,22+/m1/s1. The minimum Gasteiger partial charge on any atom is -0.508 e. The predicted octanol–water partition coefficient (Wildman–Crippen LogP) is 1.69. The minimum atomic E-state index is -1.66. The zero-order valence-corrected chi connectivity index (χ0v) is 16.5. The lowest BCUT2D eigenvalue weighted by Crippen LogP contribution is -2.53. The molecule has 4 atom stereocenters. The first-order valence-electron chi connectivity index (χ1n) is 9.55. The molecule has 2 aliphatic heterocycles. The summed E-state index contributed by atoms with van der Waals surface area (Å²) in [5, 5.41) is 23.3. The molecule has 2 heterocycles. The number of nitrogens with one attached hydrogen (secondary N) is 1. The number of carbonyl (C=O) groups excluding carboxylic acids is 2. The van der Waals surface area contributed by atoms with Crippen LogP contribution in [-0.2, 0) is 20.9 Å². The molecule has 0 aromatic heterocycles. The Morgan fingerprint density at radius 1 is 1.17 bits per heavy atom. The van der Waals surface area contributed by atoms with Crippen molar-refractivity contribution in [3.63, 3.8) is 0 Å². The molecule has 4 rings (SSSR count). The second kappa shape index (κ2) is 7.14. The Kier molecular flexibility index (Phi) is 4.74. The average molecular weight is 410 g/mol. The smallest absolute Gasteiger partial charge is 0.324 e. The number of benzene rings is 2. The Morgan fingerprint density at radius 2 is 1.87 bits per heavy atom. The summed E-state index contributed by atoms with van der Waals surface area (Å²) in [5.41, 5.74) is -0.578. The molecule has 0 unspecified atom stereocenters. The van der Waals surface area contributed by atoms with Gasteiger partial charge in [0.15, 0.2) is 0 Å². The number of imide groups is 1. The number of carbonyl (C=O) groups is 3. The lowest BCUT2D eigenvalue weighted by atomic mass is 9.80. The molecule has 2 aromatic rings. The third-order valence-corrected chi connectivity index (χ3v) is 6.08. The van der Waals surface area contributed by atoms with Gasteiger partial charge in [0.25, 0.3) is 0 Å². The fourth-order valence-electron chi connectivity index (χ4n) is 4.49. The summed E-state index contributed by atoms with van der Waals surface area (Å²) in [5.74, 6) is -3.94. The monoisotopic (exact) mass is 410 g/mol. The summed E-state index contributed by atoms with van der Waals surface area (Å²) < 4.78 is 5.21. The van der Waals surface area contributed by atoms with E-state index >= 15 is 0 Å². The van der Waals surface area contributed by atoms with Gasteiger partial charge in [0.2, 0.25) is 11.8 Å². The number of rotatable bonds is 5. The van der Waals surface area contributed by atoms with E-state index in [0.29, 0.717) is 11.3 Å². The number of aromatic hydroxyl groups is 1. The van der Waals surface area contributed by atoms with Gasteiger partial charge < -0.3 is 14.9 Å². The third kappa shape index (κ3) is 2.91. The molecule has 0 saturated carbocycles. The number of phenols is 1. The third-order valence-electron chi connectivity index (χ3n) is 6.08. The maximum absolute atomic E-state index is 13.3. The van der Waals surface area contributed by atoms with Crippen LogP contribution in [0.4, 0.5) is 0 Å². The van der Waals surface area contributed by atoms with Crippen LogP contribution in [0.5, 0.6) is 11.5 Å². The molecule has 8 nitrogen and oxygen atoms in total. The summed E-state index contributed by atoms with van der Waals surface area (Å²) in [7, 11) is 1.47. The van der Waals surface area contributed by atoms with Gasteiger partial charge in [0.1, 0.15) is 17.0 Å². The van der Waals surface area contributed by atoms with Crippen molar-refractivity contribution in [3.8, 4) is 11.5 Å². The van der Waals surface area contributed by atoms with E-state index in [-0.39, 0.29) is 12.3 Å². The van der Waals surface area contributed by atoms with Gasteiger partial charge >= 0.3 is 5.97 Å². The summed E-state index contributed by atoms with van der Waals surface area (Å²) in [4.78, 5) is 39.8. The van der Waals surface area contributed by atoms with Gasteiger partial charge in [-0.1, -0.05) is 30.3 Å². The molecule has 2 aliphatic rings. The topological polar surface area (TPSA) is 116 Å². The quantitative estimate of drug-likeness (QED) is 0.643. The first-order chi connectivity index (χ1) is 14.3. The van der Waals surface area contributed by atoms with E-state index in [4.69, 9.17) is 4.74 Å². The molecular weight excluding hydrogens is 388 g/mol. The van der Waals surface area contributed by atoms with Crippen molar-refractivity contribution in [2.24, 2.45) is 11.8 Å². The molecule has 2 fully saturated rings. The number of amides is 2. The van der Waals surface area contributed by atoms with Gasteiger partial charge in [-0.05, 0) is 30.7 Å². The zero-order valence-electron chi connectivity index (χ0n) is 16.5. The second-order valence-electron chi connectivity index (χ2n) is 7.81. The van der Waals surface area contributed by atoms with E-state index in [1.807, 2.05) is 6.07 Å². The van der Waals surface area contributed by atoms with Crippen molar-refractivity contribution >= 4 is 17.8 Å². The number of methoxy groups -OCH3 is 1. The number of ether oxygens (including phenoxy) is 1. The van der Waals surface area contributed by atoms with Crippen LogP contribution in [0.1, 0.15) is 24.1 Å². The summed E-state index contributed by atoms with van der Waals surface area (Å²) in [6, 6.07) is 12.7. The predicted molar refractivity (Wildman–Crippen MR) is 106 cm³/mol.